The van der Waals surface area contributed by atoms with E-state index in [9.17, 15) is 9.59 Å². The Balaban J connectivity index is 1.81. The van der Waals surface area contributed by atoms with Gasteiger partial charge in [0.15, 0.2) is 11.5 Å². The van der Waals surface area contributed by atoms with E-state index in [2.05, 4.69) is 10.6 Å². The highest BCUT2D eigenvalue weighted by atomic mass is 35.5. The molecule has 0 saturated carbocycles. The molecule has 30 heavy (non-hydrogen) atoms. The second-order valence-electron chi connectivity index (χ2n) is 6.83. The molecular formula is C22H28ClN3O4. The number of carbonyl (C=O) groups excluding carboxylic acids is 2. The van der Waals surface area contributed by atoms with Gasteiger partial charge in [-0.1, -0.05) is 23.7 Å². The lowest BCUT2D eigenvalue weighted by Gasteiger charge is -2.18. The van der Waals surface area contributed by atoms with Crippen molar-refractivity contribution in [3.05, 3.63) is 52.5 Å². The first-order valence-corrected chi connectivity index (χ1v) is 10.0. The fourth-order valence-electron chi connectivity index (χ4n) is 2.87. The predicted octanol–water partition coefficient (Wildman–Crippen LogP) is 3.24. The predicted molar refractivity (Wildman–Crippen MR) is 118 cm³/mol. The van der Waals surface area contributed by atoms with E-state index >= 15 is 0 Å². The van der Waals surface area contributed by atoms with Crippen molar-refractivity contribution in [2.75, 3.05) is 39.2 Å². The van der Waals surface area contributed by atoms with Crippen molar-refractivity contribution in [3.8, 4) is 11.5 Å². The number of ether oxygens (including phenoxy) is 2. The monoisotopic (exact) mass is 433 g/mol. The van der Waals surface area contributed by atoms with Crippen LogP contribution in [-0.4, -0.2) is 50.6 Å². The molecule has 0 bridgehead atoms. The topological polar surface area (TPSA) is 79.9 Å². The first-order chi connectivity index (χ1) is 14.3. The molecule has 7 nitrogen and oxygen atoms in total. The number of benzene rings is 2. The van der Waals surface area contributed by atoms with Crippen LogP contribution in [0.15, 0.2) is 36.4 Å². The number of hydrogen-bond acceptors (Lipinski definition) is 5. The summed E-state index contributed by atoms with van der Waals surface area (Å²) in [5, 5.41) is 5.96. The standard InChI is InChI=1S/C22H28ClN3O4/c1-5-30-19-10-9-16(11-20(19)29-4)13-26(3)14-22(28)24-12-21(27)25-18-8-6-7-17(23)15(18)2/h6-11H,5,12-14H2,1-4H3,(H,24,28)(H,25,27). The molecule has 0 radical (unpaired) electrons. The van der Waals surface area contributed by atoms with Crippen LogP contribution in [0, 0.1) is 6.92 Å². The van der Waals surface area contributed by atoms with Crippen molar-refractivity contribution in [2.24, 2.45) is 0 Å². The number of likely N-dealkylation sites (N-methyl/N-ethyl adjacent to an activating group) is 1. The summed E-state index contributed by atoms with van der Waals surface area (Å²) in [6, 6.07) is 11.0. The van der Waals surface area contributed by atoms with Gasteiger partial charge in [-0.25, -0.2) is 0 Å². The van der Waals surface area contributed by atoms with E-state index < -0.39 is 0 Å². The number of rotatable bonds is 10. The van der Waals surface area contributed by atoms with Gasteiger partial charge in [0, 0.05) is 17.3 Å². The van der Waals surface area contributed by atoms with Gasteiger partial charge < -0.3 is 20.1 Å². The Morgan fingerprint density at radius 1 is 1.13 bits per heavy atom. The number of methoxy groups -OCH3 is 1. The van der Waals surface area contributed by atoms with E-state index in [1.165, 1.54) is 0 Å². The molecule has 2 amide bonds. The second kappa shape index (κ2) is 11.4. The van der Waals surface area contributed by atoms with Crippen molar-refractivity contribution in [1.82, 2.24) is 10.2 Å². The number of nitrogens with one attached hydrogen (secondary N) is 2. The highest BCUT2D eigenvalue weighted by molar-refractivity contribution is 6.31. The molecule has 0 saturated heterocycles. The molecule has 162 valence electrons. The van der Waals surface area contributed by atoms with Crippen LogP contribution in [0.25, 0.3) is 0 Å². The highest BCUT2D eigenvalue weighted by Crippen LogP contribution is 2.28. The summed E-state index contributed by atoms with van der Waals surface area (Å²) in [7, 11) is 3.42. The Hall–Kier alpha value is -2.77. The number of carbonyl (C=O) groups is 2. The second-order valence-corrected chi connectivity index (χ2v) is 7.24. The van der Waals surface area contributed by atoms with Gasteiger partial charge in [0.25, 0.3) is 0 Å². The van der Waals surface area contributed by atoms with Crippen molar-refractivity contribution >= 4 is 29.1 Å². The molecule has 2 aromatic rings. The number of anilines is 1. The molecule has 0 heterocycles. The molecule has 2 N–H and O–H groups in total. The van der Waals surface area contributed by atoms with Crippen LogP contribution in [0.1, 0.15) is 18.1 Å². The minimum atomic E-state index is -0.312. The van der Waals surface area contributed by atoms with Gasteiger partial charge in [-0.05, 0) is 56.3 Å². The number of hydrogen-bond donors (Lipinski definition) is 2. The molecule has 0 fully saturated rings. The summed E-state index contributed by atoms with van der Waals surface area (Å²) in [5.41, 5.74) is 2.40. The third-order valence-corrected chi connectivity index (χ3v) is 4.79. The lowest BCUT2D eigenvalue weighted by Crippen LogP contribution is -2.39. The van der Waals surface area contributed by atoms with E-state index in [-0.39, 0.29) is 24.9 Å². The van der Waals surface area contributed by atoms with Crippen LogP contribution >= 0.6 is 11.6 Å². The lowest BCUT2D eigenvalue weighted by atomic mass is 10.2. The molecule has 0 aliphatic heterocycles. The normalized spacial score (nSPS) is 10.6. The SMILES string of the molecule is CCOc1ccc(CN(C)CC(=O)NCC(=O)Nc2cccc(Cl)c2C)cc1OC. The van der Waals surface area contributed by atoms with Crippen molar-refractivity contribution in [2.45, 2.75) is 20.4 Å². The maximum atomic E-state index is 12.2. The fourth-order valence-corrected chi connectivity index (χ4v) is 3.04. The van der Waals surface area contributed by atoms with Crippen molar-refractivity contribution in [3.63, 3.8) is 0 Å². The Bertz CT molecular complexity index is 889. The largest absolute Gasteiger partial charge is 0.493 e. The van der Waals surface area contributed by atoms with Crippen LogP contribution in [0.3, 0.4) is 0 Å². The first kappa shape index (κ1) is 23.5. The Morgan fingerprint density at radius 3 is 2.60 bits per heavy atom. The molecule has 0 aromatic heterocycles. The quantitative estimate of drug-likeness (QED) is 0.601. The van der Waals surface area contributed by atoms with Gasteiger partial charge >= 0.3 is 0 Å². The maximum absolute atomic E-state index is 12.2. The molecule has 0 atom stereocenters. The van der Waals surface area contributed by atoms with Crippen LogP contribution < -0.4 is 20.1 Å². The van der Waals surface area contributed by atoms with Gasteiger partial charge in [-0.3, -0.25) is 14.5 Å². The maximum Gasteiger partial charge on any atom is 0.243 e. The van der Waals surface area contributed by atoms with Crippen LogP contribution in [0.2, 0.25) is 5.02 Å². The lowest BCUT2D eigenvalue weighted by molar-refractivity contribution is -0.124. The zero-order chi connectivity index (χ0) is 22.1. The zero-order valence-electron chi connectivity index (χ0n) is 17.8. The zero-order valence-corrected chi connectivity index (χ0v) is 18.5. The van der Waals surface area contributed by atoms with Crippen molar-refractivity contribution < 1.29 is 19.1 Å². The van der Waals surface area contributed by atoms with Gasteiger partial charge in [-0.15, -0.1) is 0 Å². The molecule has 0 spiro atoms. The minimum absolute atomic E-state index is 0.116. The van der Waals surface area contributed by atoms with Gasteiger partial charge in [0.1, 0.15) is 0 Å². The molecular weight excluding hydrogens is 406 g/mol. The molecule has 2 aromatic carbocycles. The summed E-state index contributed by atoms with van der Waals surface area (Å²) >= 11 is 6.05. The van der Waals surface area contributed by atoms with Gasteiger partial charge in [-0.2, -0.15) is 0 Å². The molecule has 8 heteroatoms. The van der Waals surface area contributed by atoms with Crippen LogP contribution in [-0.2, 0) is 16.1 Å². The first-order valence-electron chi connectivity index (χ1n) is 9.64. The fraction of sp³-hybridized carbons (Fsp3) is 0.364. The molecule has 2 rings (SSSR count). The van der Waals surface area contributed by atoms with E-state index in [0.29, 0.717) is 35.4 Å². The van der Waals surface area contributed by atoms with Crippen molar-refractivity contribution in [1.29, 1.82) is 0 Å². The van der Waals surface area contributed by atoms with E-state index in [1.54, 1.807) is 25.3 Å². The summed E-state index contributed by atoms with van der Waals surface area (Å²) < 4.78 is 10.9. The van der Waals surface area contributed by atoms with E-state index in [1.807, 2.05) is 44.0 Å². The van der Waals surface area contributed by atoms with Crippen LogP contribution in [0.4, 0.5) is 5.69 Å². The third-order valence-electron chi connectivity index (χ3n) is 4.38. The minimum Gasteiger partial charge on any atom is -0.493 e. The van der Waals surface area contributed by atoms with E-state index in [0.717, 1.165) is 11.1 Å². The highest BCUT2D eigenvalue weighted by Gasteiger charge is 2.12. The molecule has 0 aliphatic carbocycles. The number of halogens is 1. The molecule has 0 aliphatic rings. The Kier molecular flexibility index (Phi) is 8.95. The average molecular weight is 434 g/mol. The number of nitrogens with zero attached hydrogens (tertiary/aromatic N) is 1. The summed E-state index contributed by atoms with van der Waals surface area (Å²) in [6.07, 6.45) is 0. The van der Waals surface area contributed by atoms with Gasteiger partial charge in [0.2, 0.25) is 11.8 Å². The third kappa shape index (κ3) is 6.93. The summed E-state index contributed by atoms with van der Waals surface area (Å²) in [4.78, 5) is 26.1. The Labute approximate surface area is 182 Å². The Morgan fingerprint density at radius 2 is 1.90 bits per heavy atom. The smallest absolute Gasteiger partial charge is 0.243 e. The van der Waals surface area contributed by atoms with E-state index in [4.69, 9.17) is 21.1 Å². The van der Waals surface area contributed by atoms with Gasteiger partial charge in [0.05, 0.1) is 26.8 Å². The summed E-state index contributed by atoms with van der Waals surface area (Å²) in [6.45, 7) is 4.87. The molecule has 0 unspecified atom stereocenters. The average Bonchev–Trinajstić information content (AvgIpc) is 2.71. The number of amides is 2. The summed E-state index contributed by atoms with van der Waals surface area (Å²) in [5.74, 6) is 0.784. The van der Waals surface area contributed by atoms with Crippen LogP contribution in [0.5, 0.6) is 11.5 Å².